The maximum Gasteiger partial charge on any atom is 0.194 e. The van der Waals surface area contributed by atoms with E-state index in [-0.39, 0.29) is 0 Å². The molecule has 0 heterocycles. The first-order valence-corrected chi connectivity index (χ1v) is 12.4. The molecule has 0 bridgehead atoms. The number of rotatable bonds is 9. The van der Waals surface area contributed by atoms with E-state index in [4.69, 9.17) is 0 Å². The number of halogens is 3. The van der Waals surface area contributed by atoms with E-state index in [0.29, 0.717) is 5.56 Å². The molecule has 0 N–H and O–H groups in total. The van der Waals surface area contributed by atoms with Crippen molar-refractivity contribution in [3.05, 3.63) is 41.2 Å². The smallest absolute Gasteiger partial charge is 0.194 e. The molecule has 1 aromatic rings. The number of unbranched alkanes of at least 4 members (excludes halogenated alkanes) is 2. The summed E-state index contributed by atoms with van der Waals surface area (Å²) in [4.78, 5) is 0. The molecule has 2 saturated carbocycles. The lowest BCUT2D eigenvalue weighted by Crippen LogP contribution is -2.25. The normalized spacial score (nSPS) is 27.6. The lowest BCUT2D eigenvalue weighted by molar-refractivity contribution is 0.140. The molecule has 0 aromatic heterocycles. The average Bonchev–Trinajstić information content (AvgIpc) is 2.76. The maximum atomic E-state index is 13.3. The molecular weight excluding hydrogens is 381 g/mol. The van der Waals surface area contributed by atoms with Crippen molar-refractivity contribution in [1.29, 1.82) is 0 Å². The summed E-state index contributed by atoms with van der Waals surface area (Å²) < 4.78 is 39.6. The van der Waals surface area contributed by atoms with Gasteiger partial charge in [0.1, 0.15) is 0 Å². The first-order valence-electron chi connectivity index (χ1n) is 12.4. The van der Waals surface area contributed by atoms with Crippen LogP contribution in [0.3, 0.4) is 0 Å². The van der Waals surface area contributed by atoms with E-state index in [1.54, 1.807) is 6.08 Å². The number of allylic oxidation sites excluding steroid dienone is 1. The Morgan fingerprint density at radius 3 is 1.83 bits per heavy atom. The highest BCUT2D eigenvalue weighted by Crippen LogP contribution is 2.43. The van der Waals surface area contributed by atoms with Gasteiger partial charge in [0.2, 0.25) is 0 Å². The molecule has 0 amide bonds. The molecule has 2 aliphatic rings. The van der Waals surface area contributed by atoms with Gasteiger partial charge in [-0.15, -0.1) is 0 Å². The predicted octanol–water partition coefficient (Wildman–Crippen LogP) is 9.09. The van der Waals surface area contributed by atoms with Crippen LogP contribution in [0.25, 0.3) is 6.08 Å². The van der Waals surface area contributed by atoms with E-state index in [2.05, 4.69) is 6.92 Å². The zero-order valence-electron chi connectivity index (χ0n) is 18.7. The Bertz CT molecular complexity index is 642. The van der Waals surface area contributed by atoms with Crippen LogP contribution >= 0.6 is 0 Å². The van der Waals surface area contributed by atoms with Crippen LogP contribution in [-0.4, -0.2) is 0 Å². The highest BCUT2D eigenvalue weighted by molar-refractivity contribution is 5.49. The van der Waals surface area contributed by atoms with Gasteiger partial charge < -0.3 is 0 Å². The zero-order chi connectivity index (χ0) is 21.3. The van der Waals surface area contributed by atoms with Crippen molar-refractivity contribution in [2.24, 2.45) is 23.7 Å². The summed E-state index contributed by atoms with van der Waals surface area (Å²) >= 11 is 0. The maximum absolute atomic E-state index is 13.3. The summed E-state index contributed by atoms with van der Waals surface area (Å²) in [7, 11) is 0. The molecule has 168 valence electrons. The van der Waals surface area contributed by atoms with Gasteiger partial charge in [0.25, 0.3) is 0 Å². The fourth-order valence-electron chi connectivity index (χ4n) is 5.80. The topological polar surface area (TPSA) is 0 Å². The second-order valence-corrected chi connectivity index (χ2v) is 9.84. The Morgan fingerprint density at radius 1 is 0.767 bits per heavy atom. The van der Waals surface area contributed by atoms with E-state index in [9.17, 15) is 13.2 Å². The van der Waals surface area contributed by atoms with Crippen molar-refractivity contribution >= 4 is 6.08 Å². The molecule has 0 atom stereocenters. The molecule has 3 heteroatoms. The molecular formula is C27H39F3. The van der Waals surface area contributed by atoms with Crippen molar-refractivity contribution in [3.8, 4) is 0 Å². The van der Waals surface area contributed by atoms with Gasteiger partial charge in [-0.1, -0.05) is 70.4 Å². The Kier molecular flexibility index (Phi) is 9.33. The zero-order valence-corrected chi connectivity index (χ0v) is 18.7. The lowest BCUT2D eigenvalue weighted by atomic mass is 9.68. The summed E-state index contributed by atoms with van der Waals surface area (Å²) in [5.74, 6) is 0.0480. The minimum Gasteiger partial charge on any atom is -0.204 e. The standard InChI is InChI=1S/C27H39F3/c1-2-3-4-7-20-10-14-23(15-11-20)24-16-12-21(13-17-24)8-5-6-9-22-18-25(28)27(30)26(29)19-22/h6,9,18-21,23-24H,2-5,7-8,10-17H2,1H3/b9-6-. The summed E-state index contributed by atoms with van der Waals surface area (Å²) in [5.41, 5.74) is 0.389. The molecule has 0 unspecified atom stereocenters. The highest BCUT2D eigenvalue weighted by Gasteiger charge is 2.30. The molecule has 0 nitrogen and oxygen atoms in total. The van der Waals surface area contributed by atoms with Crippen LogP contribution in [-0.2, 0) is 0 Å². The van der Waals surface area contributed by atoms with E-state index < -0.39 is 17.5 Å². The van der Waals surface area contributed by atoms with Crippen LogP contribution < -0.4 is 0 Å². The third-order valence-corrected chi connectivity index (χ3v) is 7.72. The van der Waals surface area contributed by atoms with Crippen molar-refractivity contribution in [2.45, 2.75) is 96.8 Å². The van der Waals surface area contributed by atoms with Crippen molar-refractivity contribution in [1.82, 2.24) is 0 Å². The number of hydrogen-bond donors (Lipinski definition) is 0. The Hall–Kier alpha value is -1.25. The van der Waals surface area contributed by atoms with Crippen molar-refractivity contribution < 1.29 is 13.2 Å². The molecule has 0 spiro atoms. The molecule has 0 saturated heterocycles. The second kappa shape index (κ2) is 12.0. The largest absolute Gasteiger partial charge is 0.204 e. The van der Waals surface area contributed by atoms with Gasteiger partial charge >= 0.3 is 0 Å². The molecule has 3 rings (SSSR count). The Morgan fingerprint density at radius 2 is 1.30 bits per heavy atom. The first kappa shape index (κ1) is 23.4. The Balaban J connectivity index is 1.32. The quantitative estimate of drug-likeness (QED) is 0.276. The van der Waals surface area contributed by atoms with Crippen LogP contribution in [0.5, 0.6) is 0 Å². The minimum atomic E-state index is -1.39. The molecule has 1 aromatic carbocycles. The molecule has 30 heavy (non-hydrogen) atoms. The fraction of sp³-hybridized carbons (Fsp3) is 0.704. The van der Waals surface area contributed by atoms with E-state index >= 15 is 0 Å². The Labute approximate surface area is 181 Å². The first-order chi connectivity index (χ1) is 14.6. The molecule has 2 fully saturated rings. The SMILES string of the molecule is CCCCCC1CCC(C2CCC(CC/C=C\c3cc(F)c(F)c(F)c3)CC2)CC1. The number of benzene rings is 1. The van der Waals surface area contributed by atoms with Gasteiger partial charge in [-0.25, -0.2) is 13.2 Å². The van der Waals surface area contributed by atoms with E-state index in [0.717, 1.165) is 48.6 Å². The fourth-order valence-corrected chi connectivity index (χ4v) is 5.80. The second-order valence-electron chi connectivity index (χ2n) is 9.84. The van der Waals surface area contributed by atoms with Gasteiger partial charge in [-0.2, -0.15) is 0 Å². The molecule has 0 radical (unpaired) electrons. The van der Waals surface area contributed by atoms with Crippen LogP contribution in [0, 0.1) is 41.1 Å². The van der Waals surface area contributed by atoms with Gasteiger partial charge in [-0.05, 0) is 79.9 Å². The summed E-state index contributed by atoms with van der Waals surface area (Å²) in [6.07, 6.45) is 22.6. The molecule has 0 aliphatic heterocycles. The van der Waals surface area contributed by atoms with E-state index in [1.807, 2.05) is 6.08 Å². The number of hydrogen-bond acceptors (Lipinski definition) is 0. The van der Waals surface area contributed by atoms with Gasteiger partial charge in [0.15, 0.2) is 17.5 Å². The lowest BCUT2D eigenvalue weighted by Gasteiger charge is -2.38. The highest BCUT2D eigenvalue weighted by atomic mass is 19.2. The van der Waals surface area contributed by atoms with Crippen molar-refractivity contribution in [3.63, 3.8) is 0 Å². The van der Waals surface area contributed by atoms with E-state index in [1.165, 1.54) is 77.0 Å². The average molecular weight is 421 g/mol. The third-order valence-electron chi connectivity index (χ3n) is 7.72. The summed E-state index contributed by atoms with van der Waals surface area (Å²) in [5, 5.41) is 0. The van der Waals surface area contributed by atoms with Crippen LogP contribution in [0.4, 0.5) is 13.2 Å². The minimum absolute atomic E-state index is 0.389. The van der Waals surface area contributed by atoms with Crippen molar-refractivity contribution in [2.75, 3.05) is 0 Å². The summed E-state index contributed by atoms with van der Waals surface area (Å²) in [6, 6.07) is 2.11. The summed E-state index contributed by atoms with van der Waals surface area (Å²) in [6.45, 7) is 2.29. The monoisotopic (exact) mass is 420 g/mol. The predicted molar refractivity (Wildman–Crippen MR) is 120 cm³/mol. The third kappa shape index (κ3) is 6.89. The van der Waals surface area contributed by atoms with Crippen LogP contribution in [0.15, 0.2) is 18.2 Å². The van der Waals surface area contributed by atoms with Gasteiger partial charge in [-0.3, -0.25) is 0 Å². The van der Waals surface area contributed by atoms with Crippen LogP contribution in [0.1, 0.15) is 102 Å². The van der Waals surface area contributed by atoms with Crippen LogP contribution in [0.2, 0.25) is 0 Å². The van der Waals surface area contributed by atoms with Gasteiger partial charge in [0, 0.05) is 0 Å². The van der Waals surface area contributed by atoms with Gasteiger partial charge in [0.05, 0.1) is 0 Å². The molecule has 2 aliphatic carbocycles.